The predicted octanol–water partition coefficient (Wildman–Crippen LogP) is 6.32. The van der Waals surface area contributed by atoms with Gasteiger partial charge in [-0.25, -0.2) is 5.43 Å². The normalized spacial score (nSPS) is 10.9. The molecule has 0 saturated heterocycles. The Labute approximate surface area is 213 Å². The highest BCUT2D eigenvalue weighted by Crippen LogP contribution is 2.37. The molecule has 0 aliphatic carbocycles. The molecule has 0 spiro atoms. The lowest BCUT2D eigenvalue weighted by Crippen LogP contribution is -2.26. The Morgan fingerprint density at radius 3 is 2.06 bits per heavy atom. The van der Waals surface area contributed by atoms with Crippen LogP contribution in [0.25, 0.3) is 0 Å². The van der Waals surface area contributed by atoms with Crippen LogP contribution in [-0.4, -0.2) is 19.2 Å². The number of hydrogen-bond donors (Lipinski definition) is 1. The number of hydrazone groups is 1. The summed E-state index contributed by atoms with van der Waals surface area (Å²) in [7, 11) is 1.59. The number of carbonyl (C=O) groups excluding carboxylic acids is 1. The Morgan fingerprint density at radius 2 is 1.49 bits per heavy atom. The molecule has 5 nitrogen and oxygen atoms in total. The number of hydrogen-bond acceptors (Lipinski definition) is 4. The molecule has 0 bridgehead atoms. The lowest BCUT2D eigenvalue weighted by molar-refractivity contribution is -0.121. The summed E-state index contributed by atoms with van der Waals surface area (Å²) in [6.45, 7) is 0.416. The van der Waals surface area contributed by atoms with Gasteiger partial charge in [-0.3, -0.25) is 4.79 Å². The molecule has 0 aliphatic heterocycles. The summed E-state index contributed by atoms with van der Waals surface area (Å²) in [6.07, 6.45) is 1.58. The lowest BCUT2D eigenvalue weighted by Gasteiger charge is -2.16. The Hall–Kier alpha value is -3.90. The van der Waals surface area contributed by atoms with E-state index in [2.05, 4.69) is 26.5 Å². The molecule has 1 N–H and O–H groups in total. The maximum Gasteiger partial charge on any atom is 0.252 e. The van der Waals surface area contributed by atoms with Crippen LogP contribution in [0, 0.1) is 0 Å². The molecular formula is C29H25BrN2O3. The lowest BCUT2D eigenvalue weighted by atomic mass is 9.91. The Kier molecular flexibility index (Phi) is 8.30. The molecule has 0 saturated carbocycles. The van der Waals surface area contributed by atoms with E-state index in [-0.39, 0.29) is 5.91 Å². The van der Waals surface area contributed by atoms with Gasteiger partial charge in [0.2, 0.25) is 0 Å². The Balaban J connectivity index is 1.49. The summed E-state index contributed by atoms with van der Waals surface area (Å²) in [5, 5.41) is 4.21. The molecule has 0 unspecified atom stereocenters. The summed E-state index contributed by atoms with van der Waals surface area (Å²) in [5.74, 6) is 0.484. The molecule has 35 heavy (non-hydrogen) atoms. The second-order valence-corrected chi connectivity index (χ2v) is 8.65. The van der Waals surface area contributed by atoms with Gasteiger partial charge < -0.3 is 9.47 Å². The predicted molar refractivity (Wildman–Crippen MR) is 142 cm³/mol. The largest absolute Gasteiger partial charge is 0.493 e. The monoisotopic (exact) mass is 528 g/mol. The minimum atomic E-state index is -0.468. The SMILES string of the molecule is COc1cc(/C=N/NC(=O)C(c2ccccc2)c2ccccc2)cc(Br)c1OCc1ccccc1. The number of amides is 1. The van der Waals surface area contributed by atoms with Crippen molar-refractivity contribution in [3.05, 3.63) is 130 Å². The third kappa shape index (κ3) is 6.37. The first-order valence-corrected chi connectivity index (χ1v) is 11.9. The first kappa shape index (κ1) is 24.2. The molecule has 0 fully saturated rings. The number of benzene rings is 4. The van der Waals surface area contributed by atoms with Crippen molar-refractivity contribution in [1.29, 1.82) is 0 Å². The van der Waals surface area contributed by atoms with E-state index in [4.69, 9.17) is 9.47 Å². The van der Waals surface area contributed by atoms with E-state index >= 15 is 0 Å². The molecule has 0 heterocycles. The van der Waals surface area contributed by atoms with Crippen LogP contribution >= 0.6 is 15.9 Å². The van der Waals surface area contributed by atoms with Gasteiger partial charge in [0.1, 0.15) is 6.61 Å². The fraction of sp³-hybridized carbons (Fsp3) is 0.103. The highest BCUT2D eigenvalue weighted by Gasteiger charge is 2.22. The molecule has 4 rings (SSSR count). The fourth-order valence-electron chi connectivity index (χ4n) is 3.71. The summed E-state index contributed by atoms with van der Waals surface area (Å²) >= 11 is 3.56. The summed E-state index contributed by atoms with van der Waals surface area (Å²) in [4.78, 5) is 13.1. The van der Waals surface area contributed by atoms with E-state index in [1.54, 1.807) is 13.3 Å². The van der Waals surface area contributed by atoms with E-state index in [0.29, 0.717) is 18.1 Å². The van der Waals surface area contributed by atoms with Crippen molar-refractivity contribution >= 4 is 28.1 Å². The number of rotatable bonds is 9. The van der Waals surface area contributed by atoms with E-state index in [1.165, 1.54) is 0 Å². The number of carbonyl (C=O) groups is 1. The molecule has 6 heteroatoms. The number of halogens is 1. The van der Waals surface area contributed by atoms with Crippen LogP contribution in [-0.2, 0) is 11.4 Å². The van der Waals surface area contributed by atoms with Crippen molar-refractivity contribution in [2.45, 2.75) is 12.5 Å². The molecule has 176 valence electrons. The van der Waals surface area contributed by atoms with Crippen LogP contribution in [0.1, 0.15) is 28.2 Å². The Bertz CT molecular complexity index is 1240. The quantitative estimate of drug-likeness (QED) is 0.204. The van der Waals surface area contributed by atoms with Crippen molar-refractivity contribution < 1.29 is 14.3 Å². The molecule has 0 atom stereocenters. The summed E-state index contributed by atoms with van der Waals surface area (Å²) in [5.41, 5.74) is 6.29. The molecule has 0 radical (unpaired) electrons. The average molecular weight is 529 g/mol. The zero-order valence-electron chi connectivity index (χ0n) is 19.2. The molecule has 0 aromatic heterocycles. The van der Waals surface area contributed by atoms with Crippen LogP contribution in [0.4, 0.5) is 0 Å². The van der Waals surface area contributed by atoms with Gasteiger partial charge in [0.15, 0.2) is 11.5 Å². The van der Waals surface area contributed by atoms with Gasteiger partial charge in [-0.15, -0.1) is 0 Å². The van der Waals surface area contributed by atoms with E-state index in [0.717, 1.165) is 26.7 Å². The number of methoxy groups -OCH3 is 1. The Morgan fingerprint density at radius 1 is 0.914 bits per heavy atom. The number of nitrogens with zero attached hydrogens (tertiary/aromatic N) is 1. The van der Waals surface area contributed by atoms with Crippen LogP contribution < -0.4 is 14.9 Å². The second kappa shape index (κ2) is 12.0. The maximum absolute atomic E-state index is 13.1. The smallest absolute Gasteiger partial charge is 0.252 e. The summed E-state index contributed by atoms with van der Waals surface area (Å²) in [6, 6.07) is 32.9. The van der Waals surface area contributed by atoms with Crippen molar-refractivity contribution in [1.82, 2.24) is 5.43 Å². The molecular weight excluding hydrogens is 504 g/mol. The first-order valence-electron chi connectivity index (χ1n) is 11.1. The topological polar surface area (TPSA) is 59.9 Å². The van der Waals surface area contributed by atoms with Crippen molar-refractivity contribution in [3.63, 3.8) is 0 Å². The van der Waals surface area contributed by atoms with Gasteiger partial charge in [0.25, 0.3) is 5.91 Å². The van der Waals surface area contributed by atoms with E-state index in [1.807, 2.05) is 103 Å². The molecule has 0 aliphatic rings. The van der Waals surface area contributed by atoms with Crippen molar-refractivity contribution in [2.24, 2.45) is 5.10 Å². The van der Waals surface area contributed by atoms with E-state index in [9.17, 15) is 4.79 Å². The van der Waals surface area contributed by atoms with Gasteiger partial charge in [0, 0.05) is 0 Å². The minimum absolute atomic E-state index is 0.215. The van der Waals surface area contributed by atoms with Gasteiger partial charge >= 0.3 is 0 Å². The average Bonchev–Trinajstić information content (AvgIpc) is 2.90. The number of nitrogens with one attached hydrogen (secondary N) is 1. The third-order valence-electron chi connectivity index (χ3n) is 5.39. The van der Waals surface area contributed by atoms with Crippen molar-refractivity contribution in [2.75, 3.05) is 7.11 Å². The van der Waals surface area contributed by atoms with Gasteiger partial charge in [-0.1, -0.05) is 91.0 Å². The second-order valence-electron chi connectivity index (χ2n) is 7.80. The first-order chi connectivity index (χ1) is 17.2. The van der Waals surface area contributed by atoms with Gasteiger partial charge in [0.05, 0.1) is 23.7 Å². The van der Waals surface area contributed by atoms with Crippen molar-refractivity contribution in [3.8, 4) is 11.5 Å². The highest BCUT2D eigenvalue weighted by atomic mass is 79.9. The van der Waals surface area contributed by atoms with Crippen LogP contribution in [0.3, 0.4) is 0 Å². The van der Waals surface area contributed by atoms with Crippen LogP contribution in [0.15, 0.2) is 113 Å². The molecule has 4 aromatic rings. The zero-order valence-corrected chi connectivity index (χ0v) is 20.8. The third-order valence-corrected chi connectivity index (χ3v) is 5.98. The standard InChI is InChI=1S/C29H25BrN2O3/c1-34-26-18-22(17-25(30)28(26)35-20-21-11-5-2-6-12-21)19-31-32-29(33)27(23-13-7-3-8-14-23)24-15-9-4-10-16-24/h2-19,27H,20H2,1H3,(H,32,33)/b31-19+. The summed E-state index contributed by atoms with van der Waals surface area (Å²) < 4.78 is 12.2. The zero-order chi connectivity index (χ0) is 24.5. The molecule has 4 aromatic carbocycles. The highest BCUT2D eigenvalue weighted by molar-refractivity contribution is 9.10. The van der Waals surface area contributed by atoms with Crippen LogP contribution in [0.2, 0.25) is 0 Å². The number of ether oxygens (including phenoxy) is 2. The molecule has 1 amide bonds. The van der Waals surface area contributed by atoms with Gasteiger partial charge in [-0.05, 0) is 50.3 Å². The van der Waals surface area contributed by atoms with Crippen LogP contribution in [0.5, 0.6) is 11.5 Å². The van der Waals surface area contributed by atoms with Gasteiger partial charge in [-0.2, -0.15) is 5.10 Å². The minimum Gasteiger partial charge on any atom is -0.493 e. The maximum atomic E-state index is 13.1. The fourth-order valence-corrected chi connectivity index (χ4v) is 4.28. The van der Waals surface area contributed by atoms with E-state index < -0.39 is 5.92 Å².